The first-order valence-electron chi connectivity index (χ1n) is 21.1. The first-order chi connectivity index (χ1) is 29.9. The van der Waals surface area contributed by atoms with Crippen molar-refractivity contribution in [2.24, 2.45) is 4.99 Å². The molecule has 0 unspecified atom stereocenters. The third-order valence-electron chi connectivity index (χ3n) is 11.3. The third kappa shape index (κ3) is 9.84. The molecule has 1 fully saturated rings. The van der Waals surface area contributed by atoms with E-state index in [0.717, 1.165) is 23.4 Å². The zero-order valence-corrected chi connectivity index (χ0v) is 40.4. The Morgan fingerprint density at radius 2 is 1.37 bits per heavy atom. The van der Waals surface area contributed by atoms with Gasteiger partial charge in [0.25, 0.3) is 0 Å². The number of hydrogen-bond donors (Lipinski definition) is 0. The molecule has 7 rings (SSSR count). The number of sulfonamides is 1. The van der Waals surface area contributed by atoms with Gasteiger partial charge in [-0.15, -0.1) is 0 Å². The highest BCUT2D eigenvalue weighted by molar-refractivity contribution is 7.89. The lowest BCUT2D eigenvalue weighted by molar-refractivity contribution is 0.00206. The summed E-state index contributed by atoms with van der Waals surface area (Å²) in [6.07, 6.45) is 4.08. The fraction of sp³-hybridized carbons (Fsp3) is 0.478. The van der Waals surface area contributed by atoms with Crippen LogP contribution in [0.1, 0.15) is 81.1 Å². The van der Waals surface area contributed by atoms with Gasteiger partial charge in [-0.25, -0.2) is 13.2 Å². The smallest absolute Gasteiger partial charge is 0.340 e. The summed E-state index contributed by atoms with van der Waals surface area (Å²) in [7, 11) is -3.98. The molecule has 3 aromatic carbocycles. The van der Waals surface area contributed by atoms with E-state index in [2.05, 4.69) is 38.7 Å². The second kappa shape index (κ2) is 19.3. The zero-order chi connectivity index (χ0) is 45.4. The van der Waals surface area contributed by atoms with Crippen LogP contribution < -0.4 is 20.2 Å². The molecular weight excluding hydrogens is 912 g/mol. The topological polar surface area (TPSA) is 125 Å². The number of carbonyl (C=O) groups is 1. The van der Waals surface area contributed by atoms with Crippen LogP contribution in [0.5, 0.6) is 11.5 Å². The molecule has 0 bridgehead atoms. The quantitative estimate of drug-likeness (QED) is 0.101. The monoisotopic (exact) mass is 963 g/mol. The maximum atomic E-state index is 14.5. The molecule has 4 aliphatic rings. The molecule has 340 valence electrons. The van der Waals surface area contributed by atoms with E-state index in [1.54, 1.807) is 13.0 Å². The van der Waals surface area contributed by atoms with Crippen molar-refractivity contribution in [2.75, 3.05) is 89.7 Å². The van der Waals surface area contributed by atoms with Crippen LogP contribution in [0.15, 0.2) is 41.4 Å². The average Bonchev–Trinajstić information content (AvgIpc) is 3.22. The van der Waals surface area contributed by atoms with Gasteiger partial charge in [0, 0.05) is 70.5 Å². The van der Waals surface area contributed by atoms with Crippen LogP contribution in [0.25, 0.3) is 16.7 Å². The summed E-state index contributed by atoms with van der Waals surface area (Å²) in [6.45, 7) is 17.5. The summed E-state index contributed by atoms with van der Waals surface area (Å²) in [6, 6.07) is 7.66. The Morgan fingerprint density at radius 1 is 0.762 bits per heavy atom. The summed E-state index contributed by atoms with van der Waals surface area (Å²) >= 11 is 27.6. The second-order valence-corrected chi connectivity index (χ2v) is 20.2. The molecule has 0 aromatic heterocycles. The first-order valence-corrected chi connectivity index (χ1v) is 24.2. The van der Waals surface area contributed by atoms with Crippen molar-refractivity contribution in [3.05, 3.63) is 94.9 Å². The van der Waals surface area contributed by atoms with E-state index in [0.29, 0.717) is 84.0 Å². The van der Waals surface area contributed by atoms with Crippen molar-refractivity contribution in [1.82, 2.24) is 4.31 Å². The highest BCUT2D eigenvalue weighted by Gasteiger charge is 2.37. The Bertz CT molecular complexity index is 2600. The second-order valence-electron chi connectivity index (χ2n) is 16.7. The molecule has 0 amide bonds. The van der Waals surface area contributed by atoms with Crippen molar-refractivity contribution in [1.29, 1.82) is 0 Å². The van der Waals surface area contributed by atoms with Crippen LogP contribution in [0.4, 0.5) is 5.69 Å². The fourth-order valence-corrected chi connectivity index (χ4v) is 11.2. The maximum Gasteiger partial charge on any atom is 0.340 e. The van der Waals surface area contributed by atoms with Gasteiger partial charge in [-0.3, -0.25) is 4.99 Å². The van der Waals surface area contributed by atoms with Gasteiger partial charge >= 0.3 is 5.97 Å². The molecule has 63 heavy (non-hydrogen) atoms. The number of allylic oxidation sites excluding steroid dienone is 1. The lowest BCUT2D eigenvalue weighted by Crippen LogP contribution is -2.45. The van der Waals surface area contributed by atoms with E-state index in [1.165, 1.54) is 4.31 Å². The van der Waals surface area contributed by atoms with Gasteiger partial charge < -0.3 is 33.3 Å². The number of esters is 1. The molecular formula is C46H53Cl4N3O9S. The van der Waals surface area contributed by atoms with Gasteiger partial charge in [0.2, 0.25) is 10.0 Å². The van der Waals surface area contributed by atoms with Gasteiger partial charge in [0.15, 0.2) is 0 Å². The summed E-state index contributed by atoms with van der Waals surface area (Å²) in [5.74, 6) is -0.229. The van der Waals surface area contributed by atoms with Crippen LogP contribution in [-0.2, 0) is 33.7 Å². The Hall–Kier alpha value is -3.21. The Balaban J connectivity index is 1.45. The van der Waals surface area contributed by atoms with Crippen molar-refractivity contribution < 1.29 is 41.6 Å². The largest absolute Gasteiger partial charge is 0.462 e. The molecule has 0 aliphatic carbocycles. The molecule has 0 atom stereocenters. The van der Waals surface area contributed by atoms with Gasteiger partial charge in [-0.05, 0) is 71.7 Å². The zero-order valence-electron chi connectivity index (χ0n) is 36.6. The van der Waals surface area contributed by atoms with Crippen molar-refractivity contribution in [3.8, 4) is 11.5 Å². The van der Waals surface area contributed by atoms with Crippen LogP contribution >= 0.6 is 46.4 Å². The van der Waals surface area contributed by atoms with Gasteiger partial charge in [0.05, 0.1) is 107 Å². The average molecular weight is 966 g/mol. The summed E-state index contributed by atoms with van der Waals surface area (Å²) in [4.78, 5) is 21.4. The number of nitrogens with zero attached hydrogens (tertiary/aromatic N) is 3. The van der Waals surface area contributed by atoms with Crippen molar-refractivity contribution >= 4 is 84.8 Å². The minimum atomic E-state index is -3.98. The summed E-state index contributed by atoms with van der Waals surface area (Å²) in [5, 5.41) is 0.712. The number of likely N-dealkylation sites (N-methyl/N-ethyl adjacent to an activating group) is 1. The number of fused-ring (bicyclic) bond motifs is 4. The highest BCUT2D eigenvalue weighted by atomic mass is 35.5. The van der Waals surface area contributed by atoms with E-state index in [-0.39, 0.29) is 75.4 Å². The van der Waals surface area contributed by atoms with Crippen LogP contribution in [0, 0.1) is 0 Å². The number of carbonyl (C=O) groups excluding carboxylic acids is 1. The minimum absolute atomic E-state index is 0.0223. The first kappa shape index (κ1) is 47.7. The molecule has 0 radical (unpaired) electrons. The molecule has 17 heteroatoms. The molecule has 0 N–H and O–H groups in total. The maximum absolute atomic E-state index is 14.5. The van der Waals surface area contributed by atoms with Crippen molar-refractivity contribution in [2.45, 2.75) is 59.5 Å². The predicted molar refractivity (Wildman–Crippen MR) is 249 cm³/mol. The number of ether oxygens (including phenoxy) is 6. The SMILES string of the molecule is CCOC(=O)c1c(Cl)c(Cl)c(Cl)c(Cl)c1C1=c2cc3c(cc2Oc2cc4c(cc21)C(C)=CC(C)(C)N4CC)=NC(C)(C)C=C3CS(=O)(=O)N1CCOCCOCCOCCOCC1. The normalized spacial score (nSPS) is 19.4. The van der Waals surface area contributed by atoms with E-state index in [4.69, 9.17) is 79.8 Å². The Morgan fingerprint density at radius 3 is 1.97 bits per heavy atom. The Kier molecular flexibility index (Phi) is 14.6. The number of benzene rings is 3. The minimum Gasteiger partial charge on any atom is -0.462 e. The van der Waals surface area contributed by atoms with E-state index in [1.807, 2.05) is 38.1 Å². The summed E-state index contributed by atoms with van der Waals surface area (Å²) in [5.41, 5.74) is 4.11. The van der Waals surface area contributed by atoms with Crippen molar-refractivity contribution in [3.63, 3.8) is 0 Å². The molecule has 0 saturated carbocycles. The standard InChI is InChI=1S/C46H53Cl4N3O9S/c1-8-53-34-23-36-31(20-29(34)27(3)24-46(53,6)7)37(38-39(44(54)61-9-2)41(48)43(50)42(49)40(38)47)32-21-30-28(25-45(4,5)51-33(30)22-35(32)62-36)26-63(55,56)52-10-12-57-14-16-59-18-19-60-17-15-58-13-11-52/h20-25H,8-19,26H2,1-7H3. The number of rotatable bonds is 7. The van der Waals surface area contributed by atoms with Crippen LogP contribution in [-0.4, -0.2) is 115 Å². The predicted octanol–water partition coefficient (Wildman–Crippen LogP) is 8.36. The summed E-state index contributed by atoms with van der Waals surface area (Å²) < 4.78 is 65.5. The molecule has 12 nitrogen and oxygen atoms in total. The lowest BCUT2D eigenvalue weighted by Gasteiger charge is -2.43. The molecule has 1 saturated heterocycles. The number of hydrogen-bond acceptors (Lipinski definition) is 11. The van der Waals surface area contributed by atoms with Gasteiger partial charge in [0.1, 0.15) is 11.5 Å². The highest BCUT2D eigenvalue weighted by Crippen LogP contribution is 2.51. The molecule has 4 aliphatic heterocycles. The third-order valence-corrected chi connectivity index (χ3v) is 15.0. The van der Waals surface area contributed by atoms with Crippen LogP contribution in [0.3, 0.4) is 0 Å². The van der Waals surface area contributed by atoms with Crippen LogP contribution in [0.2, 0.25) is 20.1 Å². The number of halogens is 4. The van der Waals surface area contributed by atoms with E-state index in [9.17, 15) is 13.2 Å². The number of anilines is 1. The fourth-order valence-electron chi connectivity index (χ4n) is 8.69. The molecule has 0 spiro atoms. The van der Waals surface area contributed by atoms with Gasteiger partial charge in [-0.1, -0.05) is 58.6 Å². The van der Waals surface area contributed by atoms with E-state index < -0.39 is 21.5 Å². The Labute approximate surface area is 389 Å². The van der Waals surface area contributed by atoms with E-state index >= 15 is 0 Å². The van der Waals surface area contributed by atoms with Gasteiger partial charge in [-0.2, -0.15) is 4.31 Å². The molecule has 3 aromatic rings. The molecule has 4 heterocycles. The lowest BCUT2D eigenvalue weighted by atomic mass is 9.83.